The van der Waals surface area contributed by atoms with Gasteiger partial charge in [-0.25, -0.2) is 19.6 Å². The molecule has 8 heteroatoms. The molecule has 1 rings (SSSR count). The van der Waals surface area contributed by atoms with Gasteiger partial charge in [-0.05, 0) is 34.1 Å². The first-order valence-electron chi connectivity index (χ1n) is 7.36. The lowest BCUT2D eigenvalue weighted by Gasteiger charge is -2.19. The number of esters is 1. The number of amides is 1. The molecule has 128 valence electrons. The maximum absolute atomic E-state index is 11.5. The number of carbonyl (C=O) groups is 2. The number of aromatic nitrogens is 2. The molecule has 1 aromatic heterocycles. The van der Waals surface area contributed by atoms with Crippen LogP contribution in [0.3, 0.4) is 0 Å². The number of methoxy groups -OCH3 is 1. The lowest BCUT2D eigenvalue weighted by Crippen LogP contribution is -2.33. The summed E-state index contributed by atoms with van der Waals surface area (Å²) < 4.78 is 9.73. The Bertz CT molecular complexity index is 555. The Morgan fingerprint density at radius 2 is 1.91 bits per heavy atom. The first-order chi connectivity index (χ1) is 10.7. The van der Waals surface area contributed by atoms with Crippen LogP contribution in [0.25, 0.3) is 0 Å². The highest BCUT2D eigenvalue weighted by atomic mass is 16.6. The number of aryl methyl sites for hydroxylation is 1. The molecule has 0 aromatic carbocycles. The first kappa shape index (κ1) is 18.7. The van der Waals surface area contributed by atoms with Gasteiger partial charge in [0, 0.05) is 24.8 Å². The lowest BCUT2D eigenvalue weighted by atomic mass is 10.2. The van der Waals surface area contributed by atoms with Crippen molar-refractivity contribution in [3.05, 3.63) is 17.6 Å². The predicted octanol–water partition coefficient (Wildman–Crippen LogP) is 1.90. The quantitative estimate of drug-likeness (QED) is 0.608. The molecule has 0 atom stereocenters. The van der Waals surface area contributed by atoms with E-state index >= 15 is 0 Å². The van der Waals surface area contributed by atoms with E-state index in [1.54, 1.807) is 13.0 Å². The summed E-state index contributed by atoms with van der Waals surface area (Å²) in [6.45, 7) is 8.24. The number of carbonyl (C=O) groups excluding carboxylic acids is 2. The van der Waals surface area contributed by atoms with E-state index in [0.29, 0.717) is 31.0 Å². The van der Waals surface area contributed by atoms with Crippen LogP contribution in [0, 0.1) is 6.92 Å². The zero-order valence-electron chi connectivity index (χ0n) is 14.2. The highest BCUT2D eigenvalue weighted by molar-refractivity contribution is 5.85. The summed E-state index contributed by atoms with van der Waals surface area (Å²) in [4.78, 5) is 31.0. The minimum absolute atomic E-state index is 0.0156. The van der Waals surface area contributed by atoms with E-state index in [1.165, 1.54) is 7.11 Å². The third-order valence-corrected chi connectivity index (χ3v) is 2.55. The third kappa shape index (κ3) is 7.44. The fourth-order valence-electron chi connectivity index (χ4n) is 1.65. The summed E-state index contributed by atoms with van der Waals surface area (Å²) in [5.74, 6) is -0.0274. The van der Waals surface area contributed by atoms with Crippen LogP contribution in [0.5, 0.6) is 0 Å². The number of alkyl carbamates (subject to hydrolysis) is 1. The molecule has 0 aliphatic rings. The Hall–Kier alpha value is -2.38. The van der Waals surface area contributed by atoms with Gasteiger partial charge in [-0.15, -0.1) is 0 Å². The van der Waals surface area contributed by atoms with E-state index < -0.39 is 17.7 Å². The van der Waals surface area contributed by atoms with Gasteiger partial charge >= 0.3 is 12.1 Å². The maximum Gasteiger partial charge on any atom is 0.407 e. The van der Waals surface area contributed by atoms with Crippen LogP contribution < -0.4 is 10.6 Å². The van der Waals surface area contributed by atoms with Crippen LogP contribution in [0.2, 0.25) is 0 Å². The second-order valence-corrected chi connectivity index (χ2v) is 5.92. The van der Waals surface area contributed by atoms with E-state index in [2.05, 4.69) is 25.3 Å². The Morgan fingerprint density at radius 1 is 1.22 bits per heavy atom. The minimum Gasteiger partial charge on any atom is -0.463 e. The van der Waals surface area contributed by atoms with Gasteiger partial charge in [-0.3, -0.25) is 0 Å². The number of rotatable bonds is 6. The molecule has 0 saturated carbocycles. The van der Waals surface area contributed by atoms with Gasteiger partial charge in [0.25, 0.3) is 0 Å². The van der Waals surface area contributed by atoms with Crippen molar-refractivity contribution in [2.75, 3.05) is 25.5 Å². The smallest absolute Gasteiger partial charge is 0.407 e. The van der Waals surface area contributed by atoms with Gasteiger partial charge < -0.3 is 20.1 Å². The van der Waals surface area contributed by atoms with Gasteiger partial charge in [-0.2, -0.15) is 0 Å². The molecule has 0 aliphatic heterocycles. The van der Waals surface area contributed by atoms with E-state index in [0.717, 1.165) is 0 Å². The number of hydrogen-bond acceptors (Lipinski definition) is 7. The van der Waals surface area contributed by atoms with Gasteiger partial charge in [-0.1, -0.05) is 0 Å². The molecule has 1 heterocycles. The van der Waals surface area contributed by atoms with Crippen LogP contribution in [-0.4, -0.2) is 47.8 Å². The maximum atomic E-state index is 11.5. The molecule has 2 N–H and O–H groups in total. The Morgan fingerprint density at radius 3 is 2.52 bits per heavy atom. The largest absolute Gasteiger partial charge is 0.463 e. The molecule has 0 bridgehead atoms. The molecule has 23 heavy (non-hydrogen) atoms. The first-order valence-corrected chi connectivity index (χ1v) is 7.36. The van der Waals surface area contributed by atoms with Crippen LogP contribution in [0.4, 0.5) is 10.6 Å². The molecule has 0 unspecified atom stereocenters. The van der Waals surface area contributed by atoms with Crippen LogP contribution >= 0.6 is 0 Å². The summed E-state index contributed by atoms with van der Waals surface area (Å²) in [7, 11) is 1.28. The van der Waals surface area contributed by atoms with Crippen molar-refractivity contribution in [1.82, 2.24) is 15.3 Å². The topological polar surface area (TPSA) is 102 Å². The number of nitrogens with one attached hydrogen (secondary N) is 2. The van der Waals surface area contributed by atoms with Crippen molar-refractivity contribution in [2.24, 2.45) is 0 Å². The fourth-order valence-corrected chi connectivity index (χ4v) is 1.65. The average Bonchev–Trinajstić information content (AvgIpc) is 2.43. The van der Waals surface area contributed by atoms with Crippen molar-refractivity contribution in [2.45, 2.75) is 39.7 Å². The van der Waals surface area contributed by atoms with Crippen molar-refractivity contribution < 1.29 is 19.1 Å². The van der Waals surface area contributed by atoms with Crippen molar-refractivity contribution in [3.63, 3.8) is 0 Å². The van der Waals surface area contributed by atoms with Gasteiger partial charge in [0.15, 0.2) is 0 Å². The molecule has 0 fully saturated rings. The summed E-state index contributed by atoms with van der Waals surface area (Å²) >= 11 is 0. The molecule has 8 nitrogen and oxygen atoms in total. The SMILES string of the molecule is COC(=O)c1nc(C)cc(NCCCNC(=O)OC(C)(C)C)n1. The van der Waals surface area contributed by atoms with Gasteiger partial charge in [0.05, 0.1) is 7.11 Å². The van der Waals surface area contributed by atoms with Crippen LogP contribution in [-0.2, 0) is 9.47 Å². The molecule has 1 amide bonds. The summed E-state index contributed by atoms with van der Waals surface area (Å²) in [5.41, 5.74) is 0.153. The lowest BCUT2D eigenvalue weighted by molar-refractivity contribution is 0.0526. The van der Waals surface area contributed by atoms with Crippen molar-refractivity contribution in [3.8, 4) is 0 Å². The van der Waals surface area contributed by atoms with E-state index in [9.17, 15) is 9.59 Å². The summed E-state index contributed by atoms with van der Waals surface area (Å²) in [5, 5.41) is 5.74. The third-order valence-electron chi connectivity index (χ3n) is 2.55. The minimum atomic E-state index is -0.580. The standard InChI is InChI=1S/C15H24N4O4/c1-10-9-11(19-12(18-10)13(20)22-5)16-7-6-8-17-14(21)23-15(2,3)4/h9H,6-8H2,1-5H3,(H,17,21)(H,16,18,19). The normalized spacial score (nSPS) is 10.8. The number of ether oxygens (including phenoxy) is 2. The highest BCUT2D eigenvalue weighted by Crippen LogP contribution is 2.08. The average molecular weight is 324 g/mol. The Balaban J connectivity index is 2.38. The zero-order chi connectivity index (χ0) is 17.5. The Kier molecular flexibility index (Phi) is 6.74. The Labute approximate surface area is 136 Å². The number of anilines is 1. The highest BCUT2D eigenvalue weighted by Gasteiger charge is 2.15. The molecule has 0 aliphatic carbocycles. The molecular weight excluding hydrogens is 300 g/mol. The van der Waals surface area contributed by atoms with Gasteiger partial charge in [0.1, 0.15) is 11.4 Å². The number of hydrogen-bond donors (Lipinski definition) is 2. The van der Waals surface area contributed by atoms with Crippen molar-refractivity contribution in [1.29, 1.82) is 0 Å². The van der Waals surface area contributed by atoms with Crippen LogP contribution in [0.15, 0.2) is 6.07 Å². The second kappa shape index (κ2) is 8.30. The molecule has 1 aromatic rings. The molecule has 0 saturated heterocycles. The van der Waals surface area contributed by atoms with Crippen LogP contribution in [0.1, 0.15) is 43.5 Å². The van der Waals surface area contributed by atoms with E-state index in [4.69, 9.17) is 4.74 Å². The molecule has 0 radical (unpaired) electrons. The molecule has 0 spiro atoms. The number of nitrogens with zero attached hydrogens (tertiary/aromatic N) is 2. The summed E-state index contributed by atoms with van der Waals surface area (Å²) in [6, 6.07) is 1.73. The van der Waals surface area contributed by atoms with E-state index in [1.807, 2.05) is 20.8 Å². The van der Waals surface area contributed by atoms with E-state index in [-0.39, 0.29) is 5.82 Å². The van der Waals surface area contributed by atoms with Gasteiger partial charge in [0.2, 0.25) is 5.82 Å². The monoisotopic (exact) mass is 324 g/mol. The zero-order valence-corrected chi connectivity index (χ0v) is 14.2. The predicted molar refractivity (Wildman–Crippen MR) is 85.5 cm³/mol. The molecular formula is C15H24N4O4. The second-order valence-electron chi connectivity index (χ2n) is 5.92. The van der Waals surface area contributed by atoms with Crippen molar-refractivity contribution >= 4 is 17.9 Å². The summed E-state index contributed by atoms with van der Waals surface area (Å²) in [6.07, 6.45) is 0.235. The fraction of sp³-hybridized carbons (Fsp3) is 0.600.